The van der Waals surface area contributed by atoms with E-state index in [1.54, 1.807) is 6.21 Å². The van der Waals surface area contributed by atoms with Crippen LogP contribution < -0.4 is 0 Å². The normalized spacial score (nSPS) is 11.1. The van der Waals surface area contributed by atoms with Gasteiger partial charge in [0.2, 0.25) is 5.91 Å². The molecule has 1 aromatic carbocycles. The Morgan fingerprint density at radius 3 is 2.36 bits per heavy atom. The number of benzene rings is 1. The zero-order chi connectivity index (χ0) is 10.6. The average Bonchev–Trinajstić information content (AvgIpc) is 2.16. The number of rotatable bonds is 2. The molecule has 0 heterocycles. The van der Waals surface area contributed by atoms with Gasteiger partial charge < -0.3 is 0 Å². The molecule has 1 aromatic rings. The minimum absolute atomic E-state index is 0.0308. The minimum atomic E-state index is -0.0782. The van der Waals surface area contributed by atoms with Gasteiger partial charge in [0.1, 0.15) is 0 Å². The van der Waals surface area contributed by atoms with Gasteiger partial charge in [-0.05, 0) is 12.5 Å². The van der Waals surface area contributed by atoms with Crippen molar-refractivity contribution in [3.8, 4) is 0 Å². The Morgan fingerprint density at radius 1 is 1.29 bits per heavy atom. The smallest absolute Gasteiger partial charge is 0.248 e. The van der Waals surface area contributed by atoms with Crippen LogP contribution in [0.1, 0.15) is 25.0 Å². The van der Waals surface area contributed by atoms with E-state index in [0.29, 0.717) is 0 Å². The number of aryl methyl sites for hydroxylation is 1. The number of carbonyl (C=O) groups is 1. The second-order valence-corrected chi connectivity index (χ2v) is 3.66. The Kier molecular flexibility index (Phi) is 3.57. The lowest BCUT2D eigenvalue weighted by molar-refractivity contribution is -0.120. The SMILES string of the molecule is Cc1ccc(C=NC(=O)C(C)C)cc1. The van der Waals surface area contributed by atoms with Crippen molar-refractivity contribution in [1.82, 2.24) is 0 Å². The molecule has 14 heavy (non-hydrogen) atoms. The van der Waals surface area contributed by atoms with E-state index in [2.05, 4.69) is 4.99 Å². The molecule has 0 radical (unpaired) electrons. The molecule has 0 N–H and O–H groups in total. The van der Waals surface area contributed by atoms with Crippen LogP contribution in [-0.2, 0) is 4.79 Å². The third kappa shape index (κ3) is 3.13. The molecule has 1 amide bonds. The van der Waals surface area contributed by atoms with Crippen LogP contribution in [0.4, 0.5) is 0 Å². The molecule has 0 aliphatic heterocycles. The van der Waals surface area contributed by atoms with E-state index < -0.39 is 0 Å². The van der Waals surface area contributed by atoms with Crippen LogP contribution in [0.3, 0.4) is 0 Å². The first-order valence-electron chi connectivity index (χ1n) is 4.74. The summed E-state index contributed by atoms with van der Waals surface area (Å²) in [6, 6.07) is 7.90. The third-order valence-electron chi connectivity index (χ3n) is 1.91. The zero-order valence-corrected chi connectivity index (χ0v) is 8.82. The van der Waals surface area contributed by atoms with Gasteiger partial charge >= 0.3 is 0 Å². The standard InChI is InChI=1S/C12H15NO/c1-9(2)12(14)13-8-11-6-4-10(3)5-7-11/h4-9H,1-3H3. The van der Waals surface area contributed by atoms with Crippen molar-refractivity contribution in [2.75, 3.05) is 0 Å². The van der Waals surface area contributed by atoms with Gasteiger partial charge in [-0.25, -0.2) is 4.99 Å². The number of amides is 1. The fourth-order valence-electron chi connectivity index (χ4n) is 0.940. The van der Waals surface area contributed by atoms with Gasteiger partial charge in [-0.2, -0.15) is 0 Å². The van der Waals surface area contributed by atoms with E-state index in [9.17, 15) is 4.79 Å². The Hall–Kier alpha value is -1.44. The van der Waals surface area contributed by atoms with Gasteiger partial charge in [-0.3, -0.25) is 4.79 Å². The number of nitrogens with zero attached hydrogens (tertiary/aromatic N) is 1. The Balaban J connectivity index is 2.69. The molecular formula is C12H15NO. The average molecular weight is 189 g/mol. The molecule has 2 heteroatoms. The summed E-state index contributed by atoms with van der Waals surface area (Å²) < 4.78 is 0. The Morgan fingerprint density at radius 2 is 1.86 bits per heavy atom. The summed E-state index contributed by atoms with van der Waals surface area (Å²) in [7, 11) is 0. The first-order chi connectivity index (χ1) is 6.59. The highest BCUT2D eigenvalue weighted by Gasteiger charge is 2.02. The van der Waals surface area contributed by atoms with Crippen LogP contribution in [0.5, 0.6) is 0 Å². The number of carbonyl (C=O) groups excluding carboxylic acids is 1. The summed E-state index contributed by atoms with van der Waals surface area (Å²) in [5, 5.41) is 0. The quantitative estimate of drug-likeness (QED) is 0.657. The molecule has 0 unspecified atom stereocenters. The van der Waals surface area contributed by atoms with E-state index in [-0.39, 0.29) is 11.8 Å². The molecule has 2 nitrogen and oxygen atoms in total. The van der Waals surface area contributed by atoms with Crippen LogP contribution in [0.25, 0.3) is 0 Å². The van der Waals surface area contributed by atoms with Crippen molar-refractivity contribution in [3.05, 3.63) is 35.4 Å². The summed E-state index contributed by atoms with van der Waals surface area (Å²) in [6.07, 6.45) is 1.61. The maximum atomic E-state index is 11.2. The van der Waals surface area contributed by atoms with E-state index in [0.717, 1.165) is 5.56 Å². The molecule has 0 bridgehead atoms. The van der Waals surface area contributed by atoms with Crippen molar-refractivity contribution in [1.29, 1.82) is 0 Å². The molecule has 1 rings (SSSR count). The van der Waals surface area contributed by atoms with Crippen molar-refractivity contribution >= 4 is 12.1 Å². The van der Waals surface area contributed by atoms with Crippen LogP contribution in [0.2, 0.25) is 0 Å². The summed E-state index contributed by atoms with van der Waals surface area (Å²) in [4.78, 5) is 15.0. The van der Waals surface area contributed by atoms with Crippen molar-refractivity contribution in [3.63, 3.8) is 0 Å². The molecule has 0 fully saturated rings. The van der Waals surface area contributed by atoms with Crippen molar-refractivity contribution < 1.29 is 4.79 Å². The van der Waals surface area contributed by atoms with Gasteiger partial charge in [0.25, 0.3) is 0 Å². The molecule has 74 valence electrons. The lowest BCUT2D eigenvalue weighted by Crippen LogP contribution is -2.03. The van der Waals surface area contributed by atoms with Crippen LogP contribution in [0, 0.1) is 12.8 Å². The van der Waals surface area contributed by atoms with E-state index in [4.69, 9.17) is 0 Å². The van der Waals surface area contributed by atoms with Crippen LogP contribution >= 0.6 is 0 Å². The second-order valence-electron chi connectivity index (χ2n) is 3.66. The number of hydrogen-bond acceptors (Lipinski definition) is 1. The van der Waals surface area contributed by atoms with Gasteiger partial charge in [0, 0.05) is 12.1 Å². The predicted octanol–water partition coefficient (Wildman–Crippen LogP) is 2.60. The predicted molar refractivity (Wildman–Crippen MR) is 58.6 cm³/mol. The summed E-state index contributed by atoms with van der Waals surface area (Å²) in [5.74, 6) is -0.109. The Labute approximate surface area is 84.7 Å². The Bertz CT molecular complexity index is 336. The maximum absolute atomic E-state index is 11.2. The second kappa shape index (κ2) is 4.70. The molecule has 0 saturated heterocycles. The molecule has 0 aliphatic rings. The molecule has 0 spiro atoms. The van der Waals surface area contributed by atoms with Gasteiger partial charge in [-0.15, -0.1) is 0 Å². The summed E-state index contributed by atoms with van der Waals surface area (Å²) in [5.41, 5.74) is 2.17. The fraction of sp³-hybridized carbons (Fsp3) is 0.333. The molecule has 0 aromatic heterocycles. The lowest BCUT2D eigenvalue weighted by Gasteiger charge is -1.96. The maximum Gasteiger partial charge on any atom is 0.248 e. The third-order valence-corrected chi connectivity index (χ3v) is 1.91. The minimum Gasteiger partial charge on any atom is -0.272 e. The molecular weight excluding hydrogens is 174 g/mol. The fourth-order valence-corrected chi connectivity index (χ4v) is 0.940. The number of aliphatic imine (C=N–C) groups is 1. The highest BCUT2D eigenvalue weighted by Crippen LogP contribution is 2.01. The summed E-state index contributed by atoms with van der Waals surface area (Å²) >= 11 is 0. The van der Waals surface area contributed by atoms with Crippen molar-refractivity contribution in [2.24, 2.45) is 10.9 Å². The first kappa shape index (κ1) is 10.6. The molecule has 0 aliphatic carbocycles. The van der Waals surface area contributed by atoms with Crippen LogP contribution in [-0.4, -0.2) is 12.1 Å². The molecule has 0 atom stereocenters. The topological polar surface area (TPSA) is 29.4 Å². The van der Waals surface area contributed by atoms with Gasteiger partial charge in [0.15, 0.2) is 0 Å². The molecule has 0 saturated carbocycles. The zero-order valence-electron chi connectivity index (χ0n) is 8.82. The van der Waals surface area contributed by atoms with Crippen molar-refractivity contribution in [2.45, 2.75) is 20.8 Å². The van der Waals surface area contributed by atoms with Gasteiger partial charge in [0.05, 0.1) is 0 Å². The largest absolute Gasteiger partial charge is 0.272 e. The number of hydrogen-bond donors (Lipinski definition) is 0. The van der Waals surface area contributed by atoms with E-state index in [1.807, 2.05) is 45.0 Å². The van der Waals surface area contributed by atoms with E-state index >= 15 is 0 Å². The highest BCUT2D eigenvalue weighted by molar-refractivity contribution is 5.92. The highest BCUT2D eigenvalue weighted by atomic mass is 16.1. The first-order valence-corrected chi connectivity index (χ1v) is 4.74. The monoisotopic (exact) mass is 189 g/mol. The van der Waals surface area contributed by atoms with Gasteiger partial charge in [-0.1, -0.05) is 43.7 Å². The summed E-state index contributed by atoms with van der Waals surface area (Å²) in [6.45, 7) is 5.71. The lowest BCUT2D eigenvalue weighted by atomic mass is 10.2. The van der Waals surface area contributed by atoms with E-state index in [1.165, 1.54) is 5.56 Å². The van der Waals surface area contributed by atoms with Crippen LogP contribution in [0.15, 0.2) is 29.3 Å².